The van der Waals surface area contributed by atoms with E-state index in [1.807, 2.05) is 0 Å². The third-order valence-corrected chi connectivity index (χ3v) is 5.09. The number of alkyl halides is 3. The summed E-state index contributed by atoms with van der Waals surface area (Å²) in [6.45, 7) is 1.43. The Hall–Kier alpha value is -3.41. The summed E-state index contributed by atoms with van der Waals surface area (Å²) in [5.74, 6) is -3.11. The molecule has 8 nitrogen and oxygen atoms in total. The average Bonchev–Trinajstić information content (AvgIpc) is 2.70. The molecule has 1 aromatic heterocycles. The number of aliphatic imine (C=N–C) groups is 1. The fourth-order valence-corrected chi connectivity index (χ4v) is 3.05. The second-order valence-electron chi connectivity index (χ2n) is 7.42. The topological polar surface area (TPSA) is 125 Å². The van der Waals surface area contributed by atoms with E-state index >= 15 is 0 Å². The van der Waals surface area contributed by atoms with Crippen molar-refractivity contribution < 1.29 is 35.9 Å². The molecule has 32 heavy (non-hydrogen) atoms. The first kappa shape index (κ1) is 19.3. The van der Waals surface area contributed by atoms with Gasteiger partial charge >= 0.3 is 6.18 Å². The van der Waals surface area contributed by atoms with Crippen molar-refractivity contribution in [3.05, 3.63) is 47.3 Å². The minimum atomic E-state index is -4.84. The van der Waals surface area contributed by atoms with Crippen LogP contribution in [0.5, 0.6) is 5.88 Å². The number of amides is 1. The van der Waals surface area contributed by atoms with Crippen LogP contribution in [-0.4, -0.2) is 42.1 Å². The number of hydrogen-bond donors (Lipinski definition) is 3. The van der Waals surface area contributed by atoms with Crippen molar-refractivity contribution >= 4 is 23.2 Å². The van der Waals surface area contributed by atoms with Crippen LogP contribution in [0.25, 0.3) is 0 Å². The van der Waals surface area contributed by atoms with Crippen LogP contribution in [0.15, 0.2) is 35.3 Å². The van der Waals surface area contributed by atoms with Gasteiger partial charge in [0.1, 0.15) is 23.0 Å². The van der Waals surface area contributed by atoms with Gasteiger partial charge in [0.25, 0.3) is 5.91 Å². The van der Waals surface area contributed by atoms with Crippen LogP contribution in [0.1, 0.15) is 33.9 Å². The first-order valence-electron chi connectivity index (χ1n) is 10.6. The first-order chi connectivity index (χ1) is 15.9. The zero-order valence-electron chi connectivity index (χ0n) is 19.9. The SMILES string of the molecule is [2H]C([2H])([2H])Oc1ccc(C(=O)Nc2ccc(F)c(C3(C)COC(C)(C(F)(F)F)C(N)=N3)c2)c(N)n1. The molecule has 1 aromatic carbocycles. The van der Waals surface area contributed by atoms with Crippen LogP contribution in [0.2, 0.25) is 0 Å². The number of carbonyl (C=O) groups is 1. The average molecular weight is 458 g/mol. The van der Waals surface area contributed by atoms with Crippen molar-refractivity contribution in [3.63, 3.8) is 0 Å². The highest BCUT2D eigenvalue weighted by molar-refractivity contribution is 6.07. The fraction of sp³-hybridized carbons (Fsp3) is 0.350. The van der Waals surface area contributed by atoms with Crippen molar-refractivity contribution in [2.45, 2.75) is 31.2 Å². The number of carbonyl (C=O) groups excluding carboxylic acids is 1. The predicted octanol–water partition coefficient (Wildman–Crippen LogP) is 2.99. The van der Waals surface area contributed by atoms with E-state index in [4.69, 9.17) is 20.3 Å². The number of nitrogens with one attached hydrogen (secondary N) is 1. The summed E-state index contributed by atoms with van der Waals surface area (Å²) in [6, 6.07) is 5.70. The molecule has 12 heteroatoms. The molecule has 1 aliphatic rings. The lowest BCUT2D eigenvalue weighted by Gasteiger charge is -2.41. The predicted molar refractivity (Wildman–Crippen MR) is 109 cm³/mol. The number of nitrogens with two attached hydrogens (primary N) is 2. The Balaban J connectivity index is 1.88. The summed E-state index contributed by atoms with van der Waals surface area (Å²) in [4.78, 5) is 20.3. The molecule has 0 bridgehead atoms. The molecule has 2 heterocycles. The van der Waals surface area contributed by atoms with Crippen molar-refractivity contribution in [2.24, 2.45) is 10.7 Å². The number of methoxy groups -OCH3 is 1. The van der Waals surface area contributed by atoms with E-state index in [9.17, 15) is 22.4 Å². The van der Waals surface area contributed by atoms with Crippen molar-refractivity contribution in [2.75, 3.05) is 24.7 Å². The summed E-state index contributed by atoms with van der Waals surface area (Å²) >= 11 is 0. The van der Waals surface area contributed by atoms with E-state index in [2.05, 4.69) is 20.0 Å². The Bertz CT molecular complexity index is 1190. The lowest BCUT2D eigenvalue weighted by Crippen LogP contribution is -2.60. The fourth-order valence-electron chi connectivity index (χ4n) is 3.05. The minimum Gasteiger partial charge on any atom is -0.481 e. The highest BCUT2D eigenvalue weighted by atomic mass is 19.4. The first-order valence-corrected chi connectivity index (χ1v) is 9.09. The van der Waals surface area contributed by atoms with Gasteiger partial charge in [-0.1, -0.05) is 0 Å². The van der Waals surface area contributed by atoms with Crippen LogP contribution >= 0.6 is 0 Å². The maximum Gasteiger partial charge on any atom is 0.424 e. The van der Waals surface area contributed by atoms with E-state index in [1.165, 1.54) is 25.1 Å². The second kappa shape index (κ2) is 7.93. The lowest BCUT2D eigenvalue weighted by atomic mass is 9.89. The molecule has 0 spiro atoms. The number of nitrogens with zero attached hydrogens (tertiary/aromatic N) is 2. The molecule has 2 atom stereocenters. The molecule has 2 aromatic rings. The molecule has 5 N–H and O–H groups in total. The standard InChI is InChI=1S/C20H21F4N5O3/c1-18(9-32-19(2,17(26)29-18)20(22,23)24)12-8-10(4-6-13(12)21)27-16(30)11-5-7-14(31-3)28-15(11)25/h4-8H,9H2,1-3H3,(H2,25,28)(H2,26,29)(H,27,30)/i3D3. The molecule has 1 aliphatic heterocycles. The van der Waals surface area contributed by atoms with Crippen LogP contribution in [-0.2, 0) is 10.3 Å². The third kappa shape index (κ3) is 4.05. The van der Waals surface area contributed by atoms with E-state index < -0.39 is 48.5 Å². The van der Waals surface area contributed by atoms with Gasteiger partial charge in [0, 0.05) is 17.3 Å². The van der Waals surface area contributed by atoms with E-state index in [1.54, 1.807) is 0 Å². The Morgan fingerprint density at radius 3 is 2.59 bits per heavy atom. The molecular weight excluding hydrogens is 434 g/mol. The Morgan fingerprint density at radius 2 is 2.00 bits per heavy atom. The van der Waals surface area contributed by atoms with Crippen molar-refractivity contribution in [1.82, 2.24) is 4.98 Å². The summed E-state index contributed by atoms with van der Waals surface area (Å²) < 4.78 is 85.6. The van der Waals surface area contributed by atoms with Gasteiger partial charge in [0.15, 0.2) is 0 Å². The number of anilines is 2. The van der Waals surface area contributed by atoms with Gasteiger partial charge in [0.2, 0.25) is 11.5 Å². The van der Waals surface area contributed by atoms with E-state index in [-0.39, 0.29) is 28.5 Å². The van der Waals surface area contributed by atoms with Crippen LogP contribution in [0.4, 0.5) is 29.1 Å². The molecule has 172 valence electrons. The van der Waals surface area contributed by atoms with Gasteiger partial charge in [-0.3, -0.25) is 9.79 Å². The quantitative estimate of drug-likeness (QED) is 0.605. The molecule has 0 saturated carbocycles. The molecular formula is C20H21F4N5O3. The second-order valence-corrected chi connectivity index (χ2v) is 7.42. The summed E-state index contributed by atoms with van der Waals surface area (Å²) in [5, 5.41) is 2.46. The molecule has 0 fully saturated rings. The number of ether oxygens (including phenoxy) is 2. The number of aromatic nitrogens is 1. The van der Waals surface area contributed by atoms with Crippen LogP contribution in [0.3, 0.4) is 0 Å². The molecule has 0 radical (unpaired) electrons. The zero-order chi connectivity index (χ0) is 26.4. The summed E-state index contributed by atoms with van der Waals surface area (Å²) in [5.41, 5.74) is 6.61. The van der Waals surface area contributed by atoms with E-state index in [0.29, 0.717) is 0 Å². The van der Waals surface area contributed by atoms with Gasteiger partial charge in [-0.05, 0) is 38.1 Å². The smallest absolute Gasteiger partial charge is 0.424 e. The number of hydrogen-bond acceptors (Lipinski definition) is 7. The lowest BCUT2D eigenvalue weighted by molar-refractivity contribution is -0.249. The molecule has 0 saturated heterocycles. The van der Waals surface area contributed by atoms with Gasteiger partial charge in [0.05, 0.1) is 23.3 Å². The molecule has 2 unspecified atom stereocenters. The number of halogens is 4. The highest BCUT2D eigenvalue weighted by Crippen LogP contribution is 2.41. The number of nitrogen functional groups attached to an aromatic ring is 1. The maximum atomic E-state index is 14.7. The highest BCUT2D eigenvalue weighted by Gasteiger charge is 2.59. The number of rotatable bonds is 4. The monoisotopic (exact) mass is 458 g/mol. The van der Waals surface area contributed by atoms with Gasteiger partial charge in [-0.25, -0.2) is 4.39 Å². The van der Waals surface area contributed by atoms with E-state index in [0.717, 1.165) is 19.1 Å². The largest absolute Gasteiger partial charge is 0.481 e. The Morgan fingerprint density at radius 1 is 1.28 bits per heavy atom. The number of pyridine rings is 1. The Labute approximate surface area is 184 Å². The third-order valence-electron chi connectivity index (χ3n) is 5.09. The normalized spacial score (nSPS) is 25.2. The Kier molecular flexibility index (Phi) is 4.78. The van der Waals surface area contributed by atoms with Crippen molar-refractivity contribution in [3.8, 4) is 5.88 Å². The number of benzene rings is 1. The molecule has 0 aliphatic carbocycles. The molecule has 3 rings (SSSR count). The van der Waals surface area contributed by atoms with Crippen LogP contribution < -0.4 is 21.5 Å². The molecule has 1 amide bonds. The van der Waals surface area contributed by atoms with Crippen LogP contribution in [0, 0.1) is 5.82 Å². The zero-order valence-corrected chi connectivity index (χ0v) is 16.9. The minimum absolute atomic E-state index is 0.0628. The maximum absolute atomic E-state index is 14.7. The van der Waals surface area contributed by atoms with Gasteiger partial charge in [-0.2, -0.15) is 18.2 Å². The summed E-state index contributed by atoms with van der Waals surface area (Å²) in [7, 11) is -2.77. The number of amidine groups is 1. The van der Waals surface area contributed by atoms with Gasteiger partial charge < -0.3 is 26.3 Å². The van der Waals surface area contributed by atoms with Crippen molar-refractivity contribution in [1.29, 1.82) is 0 Å². The van der Waals surface area contributed by atoms with Gasteiger partial charge in [-0.15, -0.1) is 0 Å². The summed E-state index contributed by atoms with van der Waals surface area (Å²) in [6.07, 6.45) is -4.84.